The van der Waals surface area contributed by atoms with Crippen LogP contribution in [-0.2, 0) is 0 Å². The van der Waals surface area contributed by atoms with Crippen LogP contribution in [0.15, 0.2) is 30.5 Å². The van der Waals surface area contributed by atoms with Crippen molar-refractivity contribution in [3.63, 3.8) is 0 Å². The fourth-order valence-corrected chi connectivity index (χ4v) is 2.40. The number of fused-ring (bicyclic) bond motifs is 1. The van der Waals surface area contributed by atoms with Gasteiger partial charge >= 0.3 is 0 Å². The van der Waals surface area contributed by atoms with E-state index in [1.165, 1.54) is 0 Å². The molecule has 2 aromatic heterocycles. The maximum atomic E-state index is 5.82. The number of nitrogen functional groups attached to an aromatic ring is 2. The average molecular weight is 325 g/mol. The van der Waals surface area contributed by atoms with E-state index in [9.17, 15) is 0 Å². The minimum Gasteiger partial charge on any atom is -0.497 e. The molecule has 0 spiro atoms. The predicted octanol–water partition coefficient (Wildman–Crippen LogP) is 1.79. The lowest BCUT2D eigenvalue weighted by molar-refractivity contribution is 0.414. The molecule has 1 unspecified atom stereocenters. The lowest BCUT2D eigenvalue weighted by Crippen LogP contribution is -2.23. The van der Waals surface area contributed by atoms with E-state index in [1.807, 2.05) is 36.2 Å². The molecule has 8 heteroatoms. The lowest BCUT2D eigenvalue weighted by atomic mass is 10.1. The molecule has 8 nitrogen and oxygen atoms in total. The summed E-state index contributed by atoms with van der Waals surface area (Å²) < 4.78 is 5.19. The van der Waals surface area contributed by atoms with Crippen LogP contribution in [0.3, 0.4) is 0 Å². The summed E-state index contributed by atoms with van der Waals surface area (Å²) in [6, 6.07) is 7.94. The topological polar surface area (TPSA) is 116 Å². The van der Waals surface area contributed by atoms with Crippen molar-refractivity contribution in [2.24, 2.45) is 0 Å². The Bertz CT molecular complexity index is 866. The van der Waals surface area contributed by atoms with Gasteiger partial charge in [0.05, 0.1) is 18.5 Å². The number of methoxy groups -OCH3 is 1. The van der Waals surface area contributed by atoms with Crippen molar-refractivity contribution in [3.05, 3.63) is 36.0 Å². The maximum absolute atomic E-state index is 5.82. The smallest absolute Gasteiger partial charge is 0.227 e. The zero-order valence-corrected chi connectivity index (χ0v) is 13.8. The van der Waals surface area contributed by atoms with Crippen molar-refractivity contribution in [3.8, 4) is 5.75 Å². The van der Waals surface area contributed by atoms with E-state index in [0.29, 0.717) is 17.0 Å². The van der Waals surface area contributed by atoms with Crippen molar-refractivity contribution < 1.29 is 4.74 Å². The number of hydrogen-bond acceptors (Lipinski definition) is 8. The molecule has 4 N–H and O–H groups in total. The van der Waals surface area contributed by atoms with Gasteiger partial charge in [0.2, 0.25) is 11.9 Å². The number of aromatic nitrogens is 4. The van der Waals surface area contributed by atoms with Gasteiger partial charge in [0.15, 0.2) is 5.65 Å². The summed E-state index contributed by atoms with van der Waals surface area (Å²) in [5.74, 6) is 1.71. The Morgan fingerprint density at radius 2 is 1.79 bits per heavy atom. The quantitative estimate of drug-likeness (QED) is 0.745. The summed E-state index contributed by atoms with van der Waals surface area (Å²) in [4.78, 5) is 18.8. The van der Waals surface area contributed by atoms with Gasteiger partial charge in [0.25, 0.3) is 0 Å². The van der Waals surface area contributed by atoms with Gasteiger partial charge in [-0.1, -0.05) is 12.1 Å². The fourth-order valence-electron chi connectivity index (χ4n) is 2.40. The van der Waals surface area contributed by atoms with Gasteiger partial charge in [-0.3, -0.25) is 0 Å². The van der Waals surface area contributed by atoms with Crippen LogP contribution in [0.25, 0.3) is 11.0 Å². The first-order valence-electron chi connectivity index (χ1n) is 7.42. The Balaban J connectivity index is 1.93. The molecule has 1 atom stereocenters. The summed E-state index contributed by atoms with van der Waals surface area (Å²) in [6.45, 7) is 2.07. The zero-order chi connectivity index (χ0) is 17.3. The van der Waals surface area contributed by atoms with Crippen LogP contribution in [0.4, 0.5) is 17.7 Å². The van der Waals surface area contributed by atoms with Crippen LogP contribution in [0.5, 0.6) is 5.75 Å². The normalized spacial score (nSPS) is 12.1. The number of benzene rings is 1. The van der Waals surface area contributed by atoms with Gasteiger partial charge in [0, 0.05) is 13.2 Å². The van der Waals surface area contributed by atoms with Crippen LogP contribution in [0.1, 0.15) is 18.5 Å². The van der Waals surface area contributed by atoms with E-state index in [4.69, 9.17) is 16.2 Å². The first kappa shape index (κ1) is 15.7. The van der Waals surface area contributed by atoms with E-state index in [1.54, 1.807) is 13.3 Å². The molecule has 0 aliphatic rings. The van der Waals surface area contributed by atoms with Crippen molar-refractivity contribution in [1.82, 2.24) is 19.9 Å². The summed E-state index contributed by atoms with van der Waals surface area (Å²) >= 11 is 0. The predicted molar refractivity (Wildman–Crippen MR) is 93.8 cm³/mol. The van der Waals surface area contributed by atoms with Gasteiger partial charge in [0.1, 0.15) is 11.6 Å². The van der Waals surface area contributed by atoms with Gasteiger partial charge in [-0.25, -0.2) is 4.98 Å². The average Bonchev–Trinajstić information content (AvgIpc) is 2.59. The van der Waals surface area contributed by atoms with Gasteiger partial charge in [-0.2, -0.15) is 15.0 Å². The number of hydrogen-bond donors (Lipinski definition) is 2. The van der Waals surface area contributed by atoms with Crippen LogP contribution < -0.4 is 21.1 Å². The largest absolute Gasteiger partial charge is 0.497 e. The first-order valence-corrected chi connectivity index (χ1v) is 7.42. The zero-order valence-electron chi connectivity index (χ0n) is 13.8. The number of anilines is 3. The second-order valence-electron chi connectivity index (χ2n) is 5.43. The molecule has 124 valence electrons. The number of ether oxygens (including phenoxy) is 1. The Morgan fingerprint density at radius 3 is 2.46 bits per heavy atom. The minimum atomic E-state index is 0.0601. The first-order chi connectivity index (χ1) is 11.5. The third-order valence-electron chi connectivity index (χ3n) is 3.98. The van der Waals surface area contributed by atoms with Gasteiger partial charge < -0.3 is 21.1 Å². The SMILES string of the molecule is COc1ccc(C(C)N(C)c2ncc3c(N)nc(N)nc3n2)cc1. The third-order valence-corrected chi connectivity index (χ3v) is 3.98. The molecule has 3 rings (SSSR count). The highest BCUT2D eigenvalue weighted by Gasteiger charge is 2.16. The van der Waals surface area contributed by atoms with Crippen molar-refractivity contribution in [2.75, 3.05) is 30.5 Å². The molecule has 3 aromatic rings. The van der Waals surface area contributed by atoms with Gasteiger partial charge in [-0.15, -0.1) is 0 Å². The van der Waals surface area contributed by atoms with Crippen molar-refractivity contribution in [1.29, 1.82) is 0 Å². The van der Waals surface area contributed by atoms with E-state index in [-0.39, 0.29) is 17.8 Å². The Hall–Kier alpha value is -3.16. The summed E-state index contributed by atoms with van der Waals surface area (Å²) in [6.07, 6.45) is 1.61. The molecule has 0 amide bonds. The molecule has 0 fully saturated rings. The standard InChI is InChI=1S/C16H19N7O/c1-9(10-4-6-11(24-3)7-5-10)23(2)16-19-8-12-13(17)20-15(18)21-14(12)22-16/h4-9H,1-3H3,(H4,17,18,19,20,21,22). The van der Waals surface area contributed by atoms with Crippen LogP contribution in [0.2, 0.25) is 0 Å². The lowest BCUT2D eigenvalue weighted by Gasteiger charge is -2.25. The molecule has 0 aliphatic heterocycles. The summed E-state index contributed by atoms with van der Waals surface area (Å²) in [5, 5.41) is 0.582. The maximum Gasteiger partial charge on any atom is 0.227 e. The second kappa shape index (κ2) is 6.15. The number of rotatable bonds is 4. The highest BCUT2D eigenvalue weighted by atomic mass is 16.5. The third kappa shape index (κ3) is 2.85. The van der Waals surface area contributed by atoms with Crippen molar-refractivity contribution >= 4 is 28.7 Å². The number of nitrogens with zero attached hydrogens (tertiary/aromatic N) is 5. The van der Waals surface area contributed by atoms with E-state index in [2.05, 4.69) is 26.9 Å². The molecular weight excluding hydrogens is 306 g/mol. The molecule has 1 aromatic carbocycles. The van der Waals surface area contributed by atoms with Crippen molar-refractivity contribution in [2.45, 2.75) is 13.0 Å². The second-order valence-corrected chi connectivity index (χ2v) is 5.43. The summed E-state index contributed by atoms with van der Waals surface area (Å²) in [7, 11) is 3.57. The Labute approximate surface area is 139 Å². The van der Waals surface area contributed by atoms with E-state index >= 15 is 0 Å². The molecule has 24 heavy (non-hydrogen) atoms. The van der Waals surface area contributed by atoms with Crippen LogP contribution in [0, 0.1) is 0 Å². The molecule has 0 saturated carbocycles. The molecular formula is C16H19N7O. The molecule has 0 saturated heterocycles. The minimum absolute atomic E-state index is 0.0601. The Kier molecular flexibility index (Phi) is 4.03. The van der Waals surface area contributed by atoms with E-state index < -0.39 is 0 Å². The molecule has 0 bridgehead atoms. The van der Waals surface area contributed by atoms with Gasteiger partial charge in [-0.05, 0) is 24.6 Å². The van der Waals surface area contributed by atoms with Crippen LogP contribution in [-0.4, -0.2) is 34.1 Å². The highest BCUT2D eigenvalue weighted by molar-refractivity contribution is 5.85. The monoisotopic (exact) mass is 325 g/mol. The highest BCUT2D eigenvalue weighted by Crippen LogP contribution is 2.26. The summed E-state index contributed by atoms with van der Waals surface area (Å²) in [5.41, 5.74) is 13.0. The van der Waals surface area contributed by atoms with Crippen LogP contribution >= 0.6 is 0 Å². The number of nitrogens with two attached hydrogens (primary N) is 2. The Morgan fingerprint density at radius 1 is 1.08 bits per heavy atom. The molecule has 2 heterocycles. The molecule has 0 aliphatic carbocycles. The van der Waals surface area contributed by atoms with E-state index in [0.717, 1.165) is 11.3 Å². The molecule has 0 radical (unpaired) electrons. The fraction of sp³-hybridized carbons (Fsp3) is 0.250.